The van der Waals surface area contributed by atoms with E-state index in [0.29, 0.717) is 21.6 Å². The number of aliphatic hydroxyl groups excluding tert-OH is 1. The van der Waals surface area contributed by atoms with Gasteiger partial charge in [0.15, 0.2) is 0 Å². The van der Waals surface area contributed by atoms with Crippen molar-refractivity contribution in [3.63, 3.8) is 0 Å². The molecule has 0 spiro atoms. The van der Waals surface area contributed by atoms with Gasteiger partial charge in [-0.05, 0) is 51.1 Å². The first-order valence-electron chi connectivity index (χ1n) is 8.33. The molecule has 1 aliphatic heterocycles. The molecular formula is C19H21BN2O4S. The van der Waals surface area contributed by atoms with E-state index in [-0.39, 0.29) is 16.7 Å². The molecule has 6 nitrogen and oxygen atoms in total. The van der Waals surface area contributed by atoms with Gasteiger partial charge in [0.05, 0.1) is 27.3 Å². The second kappa shape index (κ2) is 6.71. The fourth-order valence-corrected chi connectivity index (χ4v) is 5.46. The molecule has 140 valence electrons. The number of hydrogen-bond donors (Lipinski definition) is 3. The number of hydrogen-bond acceptors (Lipinski definition) is 3. The summed E-state index contributed by atoms with van der Waals surface area (Å²) < 4.78 is 21.2. The van der Waals surface area contributed by atoms with E-state index in [1.54, 1.807) is 38.1 Å². The number of rotatable bonds is 4. The second-order valence-electron chi connectivity index (χ2n) is 6.98. The van der Waals surface area contributed by atoms with Gasteiger partial charge in [-0.3, -0.25) is 4.79 Å². The van der Waals surface area contributed by atoms with Crippen molar-refractivity contribution in [2.45, 2.75) is 31.2 Å². The lowest BCUT2D eigenvalue weighted by atomic mass is 9.91. The van der Waals surface area contributed by atoms with Gasteiger partial charge in [0.2, 0.25) is 0 Å². The minimum absolute atomic E-state index is 0.136. The largest absolute Gasteiger partial charge is 0.495 e. The summed E-state index contributed by atoms with van der Waals surface area (Å²) in [6, 6.07) is 9.80. The summed E-state index contributed by atoms with van der Waals surface area (Å²) >= 11 is 0. The maximum Gasteiger partial charge on any atom is 0.255 e. The maximum atomic E-state index is 13.0. The first-order chi connectivity index (χ1) is 12.6. The SMILES string of the molecule is [B]c1ccc(NC(=O)c2ccc(S3(=O)=C(O)C(C)(C)N3)c(OC)c2)cc1C. The monoisotopic (exact) mass is 384 g/mol. The fourth-order valence-electron chi connectivity index (χ4n) is 2.93. The highest BCUT2D eigenvalue weighted by atomic mass is 32.2. The predicted octanol–water partition coefficient (Wildman–Crippen LogP) is 1.68. The van der Waals surface area contributed by atoms with E-state index in [4.69, 9.17) is 12.6 Å². The molecule has 3 N–H and O–H groups in total. The summed E-state index contributed by atoms with van der Waals surface area (Å²) in [5.74, 6) is -0.0789. The topological polar surface area (TPSA) is 87.7 Å². The molecule has 1 amide bonds. The van der Waals surface area contributed by atoms with Gasteiger partial charge >= 0.3 is 0 Å². The van der Waals surface area contributed by atoms with Crippen molar-refractivity contribution >= 4 is 39.7 Å². The summed E-state index contributed by atoms with van der Waals surface area (Å²) in [5.41, 5.74) is 1.74. The number of benzene rings is 2. The van der Waals surface area contributed by atoms with Crippen molar-refractivity contribution in [3.8, 4) is 5.75 Å². The van der Waals surface area contributed by atoms with Crippen molar-refractivity contribution in [1.29, 1.82) is 0 Å². The molecule has 0 bridgehead atoms. The number of amides is 1. The number of aryl methyl sites for hydroxylation is 1. The van der Waals surface area contributed by atoms with Crippen LogP contribution in [0.4, 0.5) is 5.69 Å². The van der Waals surface area contributed by atoms with Gasteiger partial charge < -0.3 is 15.2 Å². The maximum absolute atomic E-state index is 13.0. The van der Waals surface area contributed by atoms with E-state index in [1.807, 2.05) is 6.92 Å². The van der Waals surface area contributed by atoms with Crippen LogP contribution in [0.15, 0.2) is 41.3 Å². The third kappa shape index (κ3) is 3.36. The van der Waals surface area contributed by atoms with E-state index in [1.165, 1.54) is 19.2 Å². The minimum atomic E-state index is -2.96. The first-order valence-corrected chi connectivity index (χ1v) is 9.89. The molecule has 2 radical (unpaired) electrons. The molecule has 0 aliphatic carbocycles. The predicted molar refractivity (Wildman–Crippen MR) is 109 cm³/mol. The van der Waals surface area contributed by atoms with Gasteiger partial charge in [0.1, 0.15) is 18.6 Å². The van der Waals surface area contributed by atoms with Crippen molar-refractivity contribution in [2.75, 3.05) is 12.4 Å². The Morgan fingerprint density at radius 2 is 1.96 bits per heavy atom. The molecule has 3 rings (SSSR count). The second-order valence-corrected chi connectivity index (χ2v) is 9.12. The van der Waals surface area contributed by atoms with E-state index >= 15 is 0 Å². The van der Waals surface area contributed by atoms with Crippen LogP contribution in [0.3, 0.4) is 0 Å². The lowest BCUT2D eigenvalue weighted by Gasteiger charge is -2.39. The van der Waals surface area contributed by atoms with E-state index < -0.39 is 15.2 Å². The Kier molecular flexibility index (Phi) is 4.84. The van der Waals surface area contributed by atoms with Crippen LogP contribution in [0.1, 0.15) is 29.8 Å². The minimum Gasteiger partial charge on any atom is -0.495 e. The van der Waals surface area contributed by atoms with Crippen LogP contribution in [0, 0.1) is 6.92 Å². The molecule has 0 saturated heterocycles. The zero-order chi connectivity index (χ0) is 20.0. The molecule has 1 heterocycles. The van der Waals surface area contributed by atoms with E-state index in [9.17, 15) is 14.1 Å². The number of carbonyl (C=O) groups is 1. The molecule has 0 aromatic heterocycles. The van der Waals surface area contributed by atoms with Crippen LogP contribution >= 0.6 is 0 Å². The summed E-state index contributed by atoms with van der Waals surface area (Å²) in [6.45, 7) is 5.32. The van der Waals surface area contributed by atoms with Crippen molar-refractivity contribution in [1.82, 2.24) is 4.72 Å². The lowest BCUT2D eigenvalue weighted by molar-refractivity contribution is 0.102. The number of ether oxygens (including phenoxy) is 1. The molecule has 2 aromatic rings. The van der Waals surface area contributed by atoms with Crippen LogP contribution in [0.2, 0.25) is 0 Å². The third-order valence-corrected chi connectivity index (χ3v) is 7.28. The Morgan fingerprint density at radius 3 is 2.52 bits per heavy atom. The Balaban J connectivity index is 1.93. The summed E-state index contributed by atoms with van der Waals surface area (Å²) in [7, 11) is 4.26. The average molecular weight is 384 g/mol. The Labute approximate surface area is 160 Å². The van der Waals surface area contributed by atoms with Crippen molar-refractivity contribution in [3.05, 3.63) is 47.5 Å². The zero-order valence-electron chi connectivity index (χ0n) is 15.6. The van der Waals surface area contributed by atoms with E-state index in [0.717, 1.165) is 5.56 Å². The van der Waals surface area contributed by atoms with Gasteiger partial charge in [-0.15, -0.1) is 0 Å². The van der Waals surface area contributed by atoms with Crippen LogP contribution in [-0.4, -0.2) is 40.8 Å². The first kappa shape index (κ1) is 19.5. The summed E-state index contributed by atoms with van der Waals surface area (Å²) in [6.07, 6.45) is 0. The van der Waals surface area contributed by atoms with E-state index in [2.05, 4.69) is 10.0 Å². The standard InChI is InChI=1S/C19H21BN2O4S/c1-11-9-13(6-7-14(11)20)21-17(23)12-5-8-16(15(10-12)26-4)27(25)18(24)19(2,3)22-27/h5-10,24H,1-4H3,(H,21,23)(H,22,25). The quantitative estimate of drug-likeness (QED) is 0.553. The lowest BCUT2D eigenvalue weighted by Crippen LogP contribution is -2.63. The highest BCUT2D eigenvalue weighted by Crippen LogP contribution is 2.33. The Bertz CT molecular complexity index is 1060. The van der Waals surface area contributed by atoms with Gasteiger partial charge in [0, 0.05) is 11.3 Å². The Hall–Kier alpha value is -2.29. The van der Waals surface area contributed by atoms with Crippen molar-refractivity contribution in [2.24, 2.45) is 0 Å². The summed E-state index contributed by atoms with van der Waals surface area (Å²) in [5, 5.41) is 12.9. The average Bonchev–Trinajstić information content (AvgIpc) is 2.63. The number of carbonyl (C=O) groups excluding carboxylic acids is 1. The third-order valence-electron chi connectivity index (χ3n) is 4.47. The zero-order valence-corrected chi connectivity index (χ0v) is 16.4. The molecule has 8 heteroatoms. The molecule has 1 aliphatic rings. The normalized spacial score (nSPS) is 20.7. The fraction of sp³-hybridized carbons (Fsp3) is 0.263. The van der Waals surface area contributed by atoms with Gasteiger partial charge in [-0.25, -0.2) is 8.93 Å². The highest BCUT2D eigenvalue weighted by molar-refractivity contribution is 8.02. The van der Waals surface area contributed by atoms with Gasteiger partial charge in [-0.2, -0.15) is 0 Å². The highest BCUT2D eigenvalue weighted by Gasteiger charge is 2.43. The Morgan fingerprint density at radius 1 is 1.26 bits per heavy atom. The van der Waals surface area contributed by atoms with Crippen LogP contribution < -0.4 is 20.2 Å². The molecule has 0 fully saturated rings. The van der Waals surface area contributed by atoms with Gasteiger partial charge in [0.25, 0.3) is 5.91 Å². The molecular weight excluding hydrogens is 363 g/mol. The number of aliphatic hydroxyl groups is 1. The molecule has 27 heavy (non-hydrogen) atoms. The molecule has 1 atom stereocenters. The smallest absolute Gasteiger partial charge is 0.255 e. The number of anilines is 1. The molecule has 2 aromatic carbocycles. The van der Waals surface area contributed by atoms with Crippen LogP contribution in [0.5, 0.6) is 5.75 Å². The van der Waals surface area contributed by atoms with Crippen LogP contribution in [-0.2, 0) is 9.71 Å². The van der Waals surface area contributed by atoms with Gasteiger partial charge in [-0.1, -0.05) is 17.1 Å². The summed E-state index contributed by atoms with van der Waals surface area (Å²) in [4.78, 5) is 12.9. The van der Waals surface area contributed by atoms with Crippen molar-refractivity contribution < 1.29 is 18.8 Å². The number of methoxy groups -OCH3 is 1. The molecule has 0 saturated carbocycles. The number of nitrogens with one attached hydrogen (secondary N) is 2. The van der Waals surface area contributed by atoms with Crippen LogP contribution in [0.25, 0.3) is 0 Å². The molecule has 1 unspecified atom stereocenters.